The van der Waals surface area contributed by atoms with Gasteiger partial charge in [0.1, 0.15) is 11.3 Å². The summed E-state index contributed by atoms with van der Waals surface area (Å²) in [6.07, 6.45) is 4.45. The zero-order chi connectivity index (χ0) is 14.9. The van der Waals surface area contributed by atoms with E-state index < -0.39 is 0 Å². The van der Waals surface area contributed by atoms with Crippen LogP contribution in [0.2, 0.25) is 0 Å². The largest absolute Gasteiger partial charge is 0.458 e. The number of nitrogens with zero attached hydrogens (tertiary/aromatic N) is 4. The fraction of sp³-hybridized carbons (Fsp3) is 0.412. The molecule has 4 rings (SSSR count). The van der Waals surface area contributed by atoms with E-state index in [0.717, 1.165) is 41.6 Å². The maximum absolute atomic E-state index is 5.79. The molecule has 1 saturated heterocycles. The molecule has 0 atom stereocenters. The van der Waals surface area contributed by atoms with E-state index >= 15 is 0 Å². The van der Waals surface area contributed by atoms with Crippen molar-refractivity contribution in [1.82, 2.24) is 19.4 Å². The average Bonchev–Trinajstić information content (AvgIpc) is 3.24. The fourth-order valence-corrected chi connectivity index (χ4v) is 3.16. The fourth-order valence-electron chi connectivity index (χ4n) is 3.16. The van der Waals surface area contributed by atoms with Crippen LogP contribution in [-0.4, -0.2) is 39.1 Å². The molecule has 3 aromatic heterocycles. The van der Waals surface area contributed by atoms with E-state index in [0.29, 0.717) is 0 Å². The molecule has 5 heteroatoms. The van der Waals surface area contributed by atoms with Gasteiger partial charge in [-0.25, -0.2) is 9.97 Å². The Morgan fingerprint density at radius 1 is 1.14 bits per heavy atom. The maximum Gasteiger partial charge on any atom is 0.178 e. The van der Waals surface area contributed by atoms with Gasteiger partial charge in [0.15, 0.2) is 17.2 Å². The van der Waals surface area contributed by atoms with Crippen LogP contribution in [0.15, 0.2) is 34.9 Å². The summed E-state index contributed by atoms with van der Waals surface area (Å²) in [6, 6.07) is 7.90. The summed E-state index contributed by atoms with van der Waals surface area (Å²) < 4.78 is 7.97. The molecular weight excluding hydrogens is 276 g/mol. The highest BCUT2D eigenvalue weighted by Crippen LogP contribution is 2.25. The number of pyridine rings is 1. The third-order valence-electron chi connectivity index (χ3n) is 4.30. The topological polar surface area (TPSA) is 47.1 Å². The first kappa shape index (κ1) is 13.5. The van der Waals surface area contributed by atoms with Crippen LogP contribution in [0.4, 0.5) is 0 Å². The van der Waals surface area contributed by atoms with E-state index in [1.165, 1.54) is 25.9 Å². The first-order chi connectivity index (χ1) is 10.8. The van der Waals surface area contributed by atoms with Crippen molar-refractivity contribution in [2.24, 2.45) is 0 Å². The van der Waals surface area contributed by atoms with Crippen molar-refractivity contribution in [2.45, 2.75) is 26.3 Å². The number of furan rings is 1. The molecule has 0 unspecified atom stereocenters. The van der Waals surface area contributed by atoms with Crippen LogP contribution in [0.1, 0.15) is 18.6 Å². The number of hydrogen-bond acceptors (Lipinski definition) is 4. The van der Waals surface area contributed by atoms with E-state index in [1.807, 2.05) is 37.4 Å². The van der Waals surface area contributed by atoms with Crippen LogP contribution in [0.25, 0.3) is 22.7 Å². The Labute approximate surface area is 129 Å². The predicted octanol–water partition coefficient (Wildman–Crippen LogP) is 3.10. The molecule has 0 spiro atoms. The van der Waals surface area contributed by atoms with Gasteiger partial charge < -0.3 is 13.9 Å². The monoisotopic (exact) mass is 296 g/mol. The standard InChI is InChI=1S/C17H20N4O/c1-13-6-7-15(22-13)17-19-14-5-4-8-18-16(14)21(17)12-11-20-9-2-3-10-20/h4-8H,2-3,9-12H2,1H3. The number of aromatic nitrogens is 3. The molecule has 1 fully saturated rings. The smallest absolute Gasteiger partial charge is 0.178 e. The summed E-state index contributed by atoms with van der Waals surface area (Å²) in [5.74, 6) is 2.60. The molecule has 0 bridgehead atoms. The number of hydrogen-bond donors (Lipinski definition) is 0. The van der Waals surface area contributed by atoms with Crippen molar-refractivity contribution < 1.29 is 4.42 Å². The van der Waals surface area contributed by atoms with Gasteiger partial charge in [0.25, 0.3) is 0 Å². The summed E-state index contributed by atoms with van der Waals surface area (Å²) in [4.78, 5) is 11.8. The molecule has 3 aromatic rings. The zero-order valence-corrected chi connectivity index (χ0v) is 12.8. The van der Waals surface area contributed by atoms with Crippen LogP contribution in [0, 0.1) is 6.92 Å². The molecule has 0 aromatic carbocycles. The van der Waals surface area contributed by atoms with Gasteiger partial charge in [0.2, 0.25) is 0 Å². The molecule has 0 saturated carbocycles. The molecule has 0 amide bonds. The highest BCUT2D eigenvalue weighted by atomic mass is 16.3. The minimum Gasteiger partial charge on any atom is -0.458 e. The van der Waals surface area contributed by atoms with Crippen LogP contribution >= 0.6 is 0 Å². The van der Waals surface area contributed by atoms with Crippen LogP contribution in [0.5, 0.6) is 0 Å². The third kappa shape index (κ3) is 2.41. The lowest BCUT2D eigenvalue weighted by Crippen LogP contribution is -2.24. The van der Waals surface area contributed by atoms with Crippen molar-refractivity contribution in [3.63, 3.8) is 0 Å². The number of likely N-dealkylation sites (tertiary alicyclic amines) is 1. The van der Waals surface area contributed by atoms with E-state index in [4.69, 9.17) is 9.40 Å². The average molecular weight is 296 g/mol. The summed E-state index contributed by atoms with van der Waals surface area (Å²) in [6.45, 7) is 6.29. The van der Waals surface area contributed by atoms with Gasteiger partial charge in [0, 0.05) is 19.3 Å². The summed E-state index contributed by atoms with van der Waals surface area (Å²) in [5, 5.41) is 0. The minimum atomic E-state index is 0.817. The Kier molecular flexibility index (Phi) is 3.42. The van der Waals surface area contributed by atoms with Gasteiger partial charge in [-0.15, -0.1) is 0 Å². The predicted molar refractivity (Wildman–Crippen MR) is 85.6 cm³/mol. The Hall–Kier alpha value is -2.14. The van der Waals surface area contributed by atoms with Crippen LogP contribution in [0.3, 0.4) is 0 Å². The molecule has 0 radical (unpaired) electrons. The summed E-state index contributed by atoms with van der Waals surface area (Å²) in [7, 11) is 0. The van der Waals surface area contributed by atoms with Crippen molar-refractivity contribution in [1.29, 1.82) is 0 Å². The van der Waals surface area contributed by atoms with Crippen molar-refractivity contribution in [2.75, 3.05) is 19.6 Å². The van der Waals surface area contributed by atoms with Crippen LogP contribution in [-0.2, 0) is 6.54 Å². The van der Waals surface area contributed by atoms with Gasteiger partial charge in [-0.1, -0.05) is 0 Å². The van der Waals surface area contributed by atoms with E-state index in [9.17, 15) is 0 Å². The number of aryl methyl sites for hydroxylation is 1. The lowest BCUT2D eigenvalue weighted by atomic mass is 10.4. The van der Waals surface area contributed by atoms with Gasteiger partial charge in [-0.05, 0) is 57.1 Å². The number of rotatable bonds is 4. The Balaban J connectivity index is 1.72. The second-order valence-corrected chi connectivity index (χ2v) is 5.89. The van der Waals surface area contributed by atoms with E-state index in [-0.39, 0.29) is 0 Å². The zero-order valence-electron chi connectivity index (χ0n) is 12.8. The molecule has 5 nitrogen and oxygen atoms in total. The van der Waals surface area contributed by atoms with E-state index in [2.05, 4.69) is 14.5 Å². The first-order valence-corrected chi connectivity index (χ1v) is 7.92. The first-order valence-electron chi connectivity index (χ1n) is 7.92. The minimum absolute atomic E-state index is 0.817. The lowest BCUT2D eigenvalue weighted by molar-refractivity contribution is 0.324. The molecule has 114 valence electrons. The van der Waals surface area contributed by atoms with Crippen molar-refractivity contribution in [3.05, 3.63) is 36.2 Å². The maximum atomic E-state index is 5.79. The lowest BCUT2D eigenvalue weighted by Gasteiger charge is -2.15. The molecule has 22 heavy (non-hydrogen) atoms. The highest BCUT2D eigenvalue weighted by molar-refractivity contribution is 5.75. The van der Waals surface area contributed by atoms with E-state index in [1.54, 1.807) is 0 Å². The van der Waals surface area contributed by atoms with Gasteiger partial charge in [0.05, 0.1) is 0 Å². The molecule has 4 heterocycles. The van der Waals surface area contributed by atoms with Gasteiger partial charge >= 0.3 is 0 Å². The van der Waals surface area contributed by atoms with Crippen molar-refractivity contribution >= 4 is 11.2 Å². The molecular formula is C17H20N4O. The van der Waals surface area contributed by atoms with Crippen LogP contribution < -0.4 is 0 Å². The second kappa shape index (κ2) is 5.57. The molecule has 1 aliphatic heterocycles. The molecule has 0 aliphatic carbocycles. The normalized spacial score (nSPS) is 15.9. The Morgan fingerprint density at radius 3 is 2.77 bits per heavy atom. The summed E-state index contributed by atoms with van der Waals surface area (Å²) in [5.41, 5.74) is 1.86. The van der Waals surface area contributed by atoms with Gasteiger partial charge in [-0.3, -0.25) is 0 Å². The summed E-state index contributed by atoms with van der Waals surface area (Å²) >= 11 is 0. The second-order valence-electron chi connectivity index (χ2n) is 5.89. The van der Waals surface area contributed by atoms with Gasteiger partial charge in [-0.2, -0.15) is 0 Å². The quantitative estimate of drug-likeness (QED) is 0.742. The Morgan fingerprint density at radius 2 is 2.00 bits per heavy atom. The Bertz CT molecular complexity index is 783. The molecule has 1 aliphatic rings. The number of imidazole rings is 1. The molecule has 0 N–H and O–H groups in total. The highest BCUT2D eigenvalue weighted by Gasteiger charge is 2.18. The SMILES string of the molecule is Cc1ccc(-c2nc3cccnc3n2CCN2CCCC2)o1. The number of fused-ring (bicyclic) bond motifs is 1. The van der Waals surface area contributed by atoms with Crippen molar-refractivity contribution in [3.8, 4) is 11.6 Å². The third-order valence-corrected chi connectivity index (χ3v) is 4.30.